The van der Waals surface area contributed by atoms with Crippen LogP contribution in [-0.4, -0.2) is 30.1 Å². The molecule has 0 aromatic heterocycles. The van der Waals surface area contributed by atoms with Gasteiger partial charge in [0.15, 0.2) is 0 Å². The van der Waals surface area contributed by atoms with E-state index in [-0.39, 0.29) is 0 Å². The van der Waals surface area contributed by atoms with E-state index in [1.807, 2.05) is 18.2 Å². The van der Waals surface area contributed by atoms with Gasteiger partial charge in [-0.05, 0) is 50.4 Å². The predicted molar refractivity (Wildman–Crippen MR) is 72.5 cm³/mol. The fourth-order valence-corrected chi connectivity index (χ4v) is 3.30. The van der Waals surface area contributed by atoms with Crippen molar-refractivity contribution in [2.45, 2.75) is 38.3 Å². The largest absolute Gasteiger partial charge is 0.380 e. The van der Waals surface area contributed by atoms with Crippen molar-refractivity contribution in [1.82, 2.24) is 4.90 Å². The lowest BCUT2D eigenvalue weighted by molar-refractivity contribution is 0.318. The SMILES string of the molecule is Cc1ccc(C#N)cc1NC1CCN2CCCC12. The Bertz CT molecular complexity index is 489. The molecule has 3 heteroatoms. The lowest BCUT2D eigenvalue weighted by Gasteiger charge is -2.23. The van der Waals surface area contributed by atoms with E-state index in [4.69, 9.17) is 5.26 Å². The first-order valence-corrected chi connectivity index (χ1v) is 6.79. The van der Waals surface area contributed by atoms with E-state index in [2.05, 4.69) is 23.2 Å². The second-order valence-electron chi connectivity index (χ2n) is 5.43. The molecule has 2 aliphatic heterocycles. The molecule has 2 aliphatic rings. The number of nitrogens with one attached hydrogen (secondary N) is 1. The van der Waals surface area contributed by atoms with Gasteiger partial charge in [-0.3, -0.25) is 4.90 Å². The van der Waals surface area contributed by atoms with Crippen LogP contribution in [0.3, 0.4) is 0 Å². The maximum atomic E-state index is 8.98. The van der Waals surface area contributed by atoms with E-state index in [1.165, 1.54) is 37.9 Å². The third kappa shape index (κ3) is 1.97. The second-order valence-corrected chi connectivity index (χ2v) is 5.43. The number of benzene rings is 1. The molecule has 18 heavy (non-hydrogen) atoms. The van der Waals surface area contributed by atoms with E-state index < -0.39 is 0 Å². The number of hydrogen-bond donors (Lipinski definition) is 1. The third-order valence-electron chi connectivity index (χ3n) is 4.31. The maximum Gasteiger partial charge on any atom is 0.0992 e. The zero-order valence-corrected chi connectivity index (χ0v) is 10.8. The molecule has 0 bridgehead atoms. The highest BCUT2D eigenvalue weighted by molar-refractivity contribution is 5.56. The molecule has 0 spiro atoms. The average Bonchev–Trinajstić information content (AvgIpc) is 2.96. The summed E-state index contributed by atoms with van der Waals surface area (Å²) in [7, 11) is 0. The summed E-state index contributed by atoms with van der Waals surface area (Å²) in [5.74, 6) is 0. The Hall–Kier alpha value is -1.53. The molecule has 2 unspecified atom stereocenters. The van der Waals surface area contributed by atoms with Crippen molar-refractivity contribution in [2.24, 2.45) is 0 Å². The monoisotopic (exact) mass is 241 g/mol. The van der Waals surface area contributed by atoms with Crippen molar-refractivity contribution >= 4 is 5.69 Å². The standard InChI is InChI=1S/C15H19N3/c1-11-4-5-12(10-16)9-14(11)17-13-6-8-18-7-2-3-15(13)18/h4-5,9,13,15,17H,2-3,6-8H2,1H3. The normalized spacial score (nSPS) is 26.9. The Balaban J connectivity index is 1.78. The summed E-state index contributed by atoms with van der Waals surface area (Å²) >= 11 is 0. The molecule has 3 nitrogen and oxygen atoms in total. The van der Waals surface area contributed by atoms with E-state index in [0.29, 0.717) is 12.1 Å². The summed E-state index contributed by atoms with van der Waals surface area (Å²) in [5, 5.41) is 12.6. The van der Waals surface area contributed by atoms with Crippen molar-refractivity contribution < 1.29 is 0 Å². The molecular weight excluding hydrogens is 222 g/mol. The van der Waals surface area contributed by atoms with Gasteiger partial charge in [-0.1, -0.05) is 6.07 Å². The molecule has 2 fully saturated rings. The molecular formula is C15H19N3. The topological polar surface area (TPSA) is 39.1 Å². The lowest BCUT2D eigenvalue weighted by atomic mass is 10.0. The quantitative estimate of drug-likeness (QED) is 0.864. The van der Waals surface area contributed by atoms with Crippen LogP contribution in [-0.2, 0) is 0 Å². The first-order valence-electron chi connectivity index (χ1n) is 6.79. The van der Waals surface area contributed by atoms with Crippen molar-refractivity contribution in [1.29, 1.82) is 5.26 Å². The highest BCUT2D eigenvalue weighted by Crippen LogP contribution is 2.31. The predicted octanol–water partition coefficient (Wildman–Crippen LogP) is 2.52. The molecule has 1 N–H and O–H groups in total. The Kier molecular flexibility index (Phi) is 2.97. The molecule has 0 aliphatic carbocycles. The first-order chi connectivity index (χ1) is 8.78. The Morgan fingerprint density at radius 1 is 1.33 bits per heavy atom. The first kappa shape index (κ1) is 11.6. The molecule has 0 saturated carbocycles. The fourth-order valence-electron chi connectivity index (χ4n) is 3.30. The minimum absolute atomic E-state index is 0.556. The van der Waals surface area contributed by atoms with Crippen LogP contribution >= 0.6 is 0 Å². The highest BCUT2D eigenvalue weighted by Gasteiger charge is 2.37. The van der Waals surface area contributed by atoms with Gasteiger partial charge in [-0.15, -0.1) is 0 Å². The number of nitriles is 1. The van der Waals surface area contributed by atoms with Crippen LogP contribution in [0, 0.1) is 18.3 Å². The summed E-state index contributed by atoms with van der Waals surface area (Å²) in [6.45, 7) is 4.59. The lowest BCUT2D eigenvalue weighted by Crippen LogP contribution is -2.33. The van der Waals surface area contributed by atoms with Gasteiger partial charge in [0.1, 0.15) is 0 Å². The van der Waals surface area contributed by atoms with Crippen LogP contribution in [0.15, 0.2) is 18.2 Å². The van der Waals surface area contributed by atoms with Crippen molar-refractivity contribution in [2.75, 3.05) is 18.4 Å². The zero-order valence-electron chi connectivity index (χ0n) is 10.8. The maximum absolute atomic E-state index is 8.98. The molecule has 0 radical (unpaired) electrons. The van der Waals surface area contributed by atoms with Gasteiger partial charge in [0.2, 0.25) is 0 Å². The third-order valence-corrected chi connectivity index (χ3v) is 4.31. The molecule has 2 saturated heterocycles. The van der Waals surface area contributed by atoms with E-state index >= 15 is 0 Å². The fraction of sp³-hybridized carbons (Fsp3) is 0.533. The van der Waals surface area contributed by atoms with Crippen LogP contribution < -0.4 is 5.32 Å². The Labute approximate surface area is 108 Å². The van der Waals surface area contributed by atoms with Gasteiger partial charge in [-0.25, -0.2) is 0 Å². The van der Waals surface area contributed by atoms with Crippen molar-refractivity contribution in [3.05, 3.63) is 29.3 Å². The van der Waals surface area contributed by atoms with E-state index in [9.17, 15) is 0 Å². The van der Waals surface area contributed by atoms with Crippen LogP contribution in [0.5, 0.6) is 0 Å². The molecule has 2 atom stereocenters. The minimum atomic E-state index is 0.556. The number of rotatable bonds is 2. The van der Waals surface area contributed by atoms with Crippen molar-refractivity contribution in [3.63, 3.8) is 0 Å². The van der Waals surface area contributed by atoms with Gasteiger partial charge in [0.05, 0.1) is 11.6 Å². The van der Waals surface area contributed by atoms with Gasteiger partial charge in [0, 0.05) is 24.3 Å². The molecule has 94 valence electrons. The number of hydrogen-bond acceptors (Lipinski definition) is 3. The Morgan fingerprint density at radius 3 is 3.06 bits per heavy atom. The summed E-state index contributed by atoms with van der Waals surface area (Å²) in [6, 6.07) is 9.37. The van der Waals surface area contributed by atoms with Gasteiger partial charge in [-0.2, -0.15) is 5.26 Å². The van der Waals surface area contributed by atoms with Crippen LogP contribution in [0.4, 0.5) is 5.69 Å². The van der Waals surface area contributed by atoms with Crippen molar-refractivity contribution in [3.8, 4) is 6.07 Å². The van der Waals surface area contributed by atoms with Crippen LogP contribution in [0.25, 0.3) is 0 Å². The van der Waals surface area contributed by atoms with Crippen LogP contribution in [0.2, 0.25) is 0 Å². The van der Waals surface area contributed by atoms with E-state index in [0.717, 1.165) is 11.3 Å². The summed E-state index contributed by atoms with van der Waals surface area (Å²) < 4.78 is 0. The molecule has 0 amide bonds. The second kappa shape index (κ2) is 4.62. The minimum Gasteiger partial charge on any atom is -0.380 e. The molecule has 1 aromatic rings. The zero-order chi connectivity index (χ0) is 12.5. The average molecular weight is 241 g/mol. The number of nitrogens with zero attached hydrogens (tertiary/aromatic N) is 2. The highest BCUT2D eigenvalue weighted by atomic mass is 15.2. The Morgan fingerprint density at radius 2 is 2.22 bits per heavy atom. The molecule has 3 rings (SSSR count). The van der Waals surface area contributed by atoms with Gasteiger partial charge < -0.3 is 5.32 Å². The number of fused-ring (bicyclic) bond motifs is 1. The number of anilines is 1. The summed E-state index contributed by atoms with van der Waals surface area (Å²) in [6.07, 6.45) is 3.87. The molecule has 1 aromatic carbocycles. The summed E-state index contributed by atoms with van der Waals surface area (Å²) in [5.41, 5.74) is 3.10. The smallest absolute Gasteiger partial charge is 0.0992 e. The number of aryl methyl sites for hydroxylation is 1. The molecule has 2 heterocycles. The van der Waals surface area contributed by atoms with Crippen LogP contribution in [0.1, 0.15) is 30.4 Å². The summed E-state index contributed by atoms with van der Waals surface area (Å²) in [4.78, 5) is 2.60. The van der Waals surface area contributed by atoms with Gasteiger partial charge >= 0.3 is 0 Å². The van der Waals surface area contributed by atoms with E-state index in [1.54, 1.807) is 0 Å². The van der Waals surface area contributed by atoms with Gasteiger partial charge in [0.25, 0.3) is 0 Å².